The maximum absolute atomic E-state index is 10.6. The van der Waals surface area contributed by atoms with Crippen molar-refractivity contribution in [2.75, 3.05) is 31.2 Å². The summed E-state index contributed by atoms with van der Waals surface area (Å²) < 4.78 is 5.33. The standard InChI is InChI=1S/C13H18N2O3S/c1-2-3-10-11(4-5-12(16)17)19-13(14-10)15-6-8-18-9-7-15/h4-5H,2-3,6-9H2,1H3,(H,16,17)/b5-4+. The second kappa shape index (κ2) is 6.68. The normalized spacial score (nSPS) is 16.2. The van der Waals surface area contributed by atoms with Gasteiger partial charge in [0.2, 0.25) is 0 Å². The van der Waals surface area contributed by atoms with E-state index in [-0.39, 0.29) is 0 Å². The zero-order chi connectivity index (χ0) is 13.7. The van der Waals surface area contributed by atoms with Crippen LogP contribution >= 0.6 is 11.3 Å². The molecule has 0 bridgehead atoms. The molecule has 1 fully saturated rings. The molecule has 1 saturated heterocycles. The zero-order valence-corrected chi connectivity index (χ0v) is 11.8. The van der Waals surface area contributed by atoms with Crippen molar-refractivity contribution in [3.63, 3.8) is 0 Å². The lowest BCUT2D eigenvalue weighted by Gasteiger charge is -2.26. The van der Waals surface area contributed by atoms with E-state index in [2.05, 4.69) is 16.8 Å². The third-order valence-electron chi connectivity index (χ3n) is 2.86. The van der Waals surface area contributed by atoms with Crippen molar-refractivity contribution in [2.24, 2.45) is 0 Å². The Morgan fingerprint density at radius 1 is 1.53 bits per heavy atom. The first-order valence-corrected chi connectivity index (χ1v) is 7.25. The van der Waals surface area contributed by atoms with Gasteiger partial charge in [0.15, 0.2) is 5.13 Å². The third kappa shape index (κ3) is 3.78. The van der Waals surface area contributed by atoms with Crippen molar-refractivity contribution < 1.29 is 14.6 Å². The minimum Gasteiger partial charge on any atom is -0.478 e. The predicted molar refractivity (Wildman–Crippen MR) is 75.8 cm³/mol. The number of anilines is 1. The van der Waals surface area contributed by atoms with Gasteiger partial charge in [-0.05, 0) is 12.5 Å². The molecule has 1 aliphatic heterocycles. The minimum absolute atomic E-state index is 0.725. The van der Waals surface area contributed by atoms with Gasteiger partial charge in [0.05, 0.1) is 23.8 Å². The Labute approximate surface area is 116 Å². The van der Waals surface area contributed by atoms with Crippen LogP contribution in [0.15, 0.2) is 6.08 Å². The minimum atomic E-state index is -0.927. The molecule has 104 valence electrons. The number of thiazole rings is 1. The average Bonchev–Trinajstić information content (AvgIpc) is 2.81. The van der Waals surface area contributed by atoms with Crippen molar-refractivity contribution in [3.05, 3.63) is 16.6 Å². The molecule has 0 radical (unpaired) electrons. The van der Waals surface area contributed by atoms with Crippen LogP contribution in [-0.4, -0.2) is 42.4 Å². The quantitative estimate of drug-likeness (QED) is 0.837. The smallest absolute Gasteiger partial charge is 0.328 e. The van der Waals surface area contributed by atoms with Gasteiger partial charge in [-0.15, -0.1) is 0 Å². The summed E-state index contributed by atoms with van der Waals surface area (Å²) in [7, 11) is 0. The molecule has 5 nitrogen and oxygen atoms in total. The molecule has 1 aliphatic rings. The molecular weight excluding hydrogens is 264 g/mol. The number of carboxylic acid groups (broad SMARTS) is 1. The van der Waals surface area contributed by atoms with Crippen molar-refractivity contribution >= 4 is 28.5 Å². The fourth-order valence-electron chi connectivity index (χ4n) is 1.93. The molecule has 0 aromatic carbocycles. The van der Waals surface area contributed by atoms with Crippen LogP contribution in [0.2, 0.25) is 0 Å². The molecule has 1 aromatic rings. The van der Waals surface area contributed by atoms with E-state index in [9.17, 15) is 4.79 Å². The van der Waals surface area contributed by atoms with Crippen molar-refractivity contribution in [1.29, 1.82) is 0 Å². The zero-order valence-electron chi connectivity index (χ0n) is 11.0. The topological polar surface area (TPSA) is 62.7 Å². The maximum Gasteiger partial charge on any atom is 0.328 e. The number of carbonyl (C=O) groups is 1. The Morgan fingerprint density at radius 2 is 2.26 bits per heavy atom. The summed E-state index contributed by atoms with van der Waals surface area (Å²) in [6.07, 6.45) is 4.70. The largest absolute Gasteiger partial charge is 0.478 e. The van der Waals surface area contributed by atoms with Gasteiger partial charge in [-0.1, -0.05) is 24.7 Å². The fourth-order valence-corrected chi connectivity index (χ4v) is 3.00. The number of hydrogen-bond acceptors (Lipinski definition) is 5. The number of ether oxygens (including phenoxy) is 1. The predicted octanol–water partition coefficient (Wildman–Crippen LogP) is 2.03. The molecule has 0 atom stereocenters. The summed E-state index contributed by atoms with van der Waals surface area (Å²) in [5, 5.41) is 9.69. The van der Waals surface area contributed by atoms with E-state index in [1.807, 2.05) is 0 Å². The summed E-state index contributed by atoms with van der Waals surface area (Å²) in [6.45, 7) is 5.24. The van der Waals surface area contributed by atoms with E-state index in [1.54, 1.807) is 17.4 Å². The summed E-state index contributed by atoms with van der Waals surface area (Å²) in [5.41, 5.74) is 0.992. The van der Waals surface area contributed by atoms with Gasteiger partial charge < -0.3 is 14.7 Å². The molecule has 0 spiro atoms. The van der Waals surface area contributed by atoms with Gasteiger partial charge in [-0.25, -0.2) is 9.78 Å². The summed E-state index contributed by atoms with van der Waals surface area (Å²) in [4.78, 5) is 18.4. The van der Waals surface area contributed by atoms with Gasteiger partial charge in [0, 0.05) is 19.2 Å². The van der Waals surface area contributed by atoms with Gasteiger partial charge in [0.1, 0.15) is 0 Å². The van der Waals surface area contributed by atoms with E-state index < -0.39 is 5.97 Å². The first kappa shape index (κ1) is 14.0. The number of hydrogen-bond donors (Lipinski definition) is 1. The second-order valence-electron chi connectivity index (χ2n) is 4.33. The van der Waals surface area contributed by atoms with Crippen LogP contribution in [0, 0.1) is 0 Å². The number of aryl methyl sites for hydroxylation is 1. The monoisotopic (exact) mass is 282 g/mol. The van der Waals surface area contributed by atoms with Crippen LogP contribution < -0.4 is 4.90 Å². The molecule has 6 heteroatoms. The molecule has 0 amide bonds. The van der Waals surface area contributed by atoms with Crippen LogP contribution in [0.3, 0.4) is 0 Å². The van der Waals surface area contributed by atoms with E-state index >= 15 is 0 Å². The van der Waals surface area contributed by atoms with Gasteiger partial charge in [-0.3, -0.25) is 0 Å². The molecule has 0 saturated carbocycles. The molecule has 1 N–H and O–H groups in total. The Balaban J connectivity index is 2.20. The first-order chi connectivity index (χ1) is 9.20. The molecule has 2 heterocycles. The number of carboxylic acids is 1. The molecule has 19 heavy (non-hydrogen) atoms. The Bertz CT molecular complexity index is 464. The highest BCUT2D eigenvalue weighted by molar-refractivity contribution is 7.16. The van der Waals surface area contributed by atoms with Crippen LogP contribution in [0.25, 0.3) is 6.08 Å². The lowest BCUT2D eigenvalue weighted by molar-refractivity contribution is -0.131. The molecule has 1 aromatic heterocycles. The van der Waals surface area contributed by atoms with Crippen molar-refractivity contribution in [3.8, 4) is 0 Å². The molecule has 0 unspecified atom stereocenters. The number of nitrogens with zero attached hydrogens (tertiary/aromatic N) is 2. The first-order valence-electron chi connectivity index (χ1n) is 6.44. The van der Waals surface area contributed by atoms with E-state index in [0.717, 1.165) is 54.8 Å². The van der Waals surface area contributed by atoms with Crippen LogP contribution in [0.1, 0.15) is 23.9 Å². The Morgan fingerprint density at radius 3 is 2.89 bits per heavy atom. The maximum atomic E-state index is 10.6. The number of rotatable bonds is 5. The number of aliphatic carboxylic acids is 1. The summed E-state index contributed by atoms with van der Waals surface area (Å²) >= 11 is 1.56. The van der Waals surface area contributed by atoms with Gasteiger partial charge in [0.25, 0.3) is 0 Å². The van der Waals surface area contributed by atoms with Crippen LogP contribution in [0.4, 0.5) is 5.13 Å². The van der Waals surface area contributed by atoms with E-state index in [0.29, 0.717) is 0 Å². The number of aromatic nitrogens is 1. The van der Waals surface area contributed by atoms with Gasteiger partial charge >= 0.3 is 5.97 Å². The van der Waals surface area contributed by atoms with E-state index in [4.69, 9.17) is 9.84 Å². The highest BCUT2D eigenvalue weighted by atomic mass is 32.1. The average molecular weight is 282 g/mol. The summed E-state index contributed by atoms with van der Waals surface area (Å²) in [6, 6.07) is 0. The Kier molecular flexibility index (Phi) is 4.93. The van der Waals surface area contributed by atoms with E-state index in [1.165, 1.54) is 6.08 Å². The highest BCUT2D eigenvalue weighted by Crippen LogP contribution is 2.29. The molecule has 0 aliphatic carbocycles. The van der Waals surface area contributed by atoms with Gasteiger partial charge in [-0.2, -0.15) is 0 Å². The van der Waals surface area contributed by atoms with Crippen LogP contribution in [0.5, 0.6) is 0 Å². The van der Waals surface area contributed by atoms with Crippen LogP contribution in [-0.2, 0) is 16.0 Å². The molecular formula is C13H18N2O3S. The number of morpholine rings is 1. The van der Waals surface area contributed by atoms with Crippen molar-refractivity contribution in [1.82, 2.24) is 4.98 Å². The lowest BCUT2D eigenvalue weighted by atomic mass is 10.2. The second-order valence-corrected chi connectivity index (χ2v) is 5.34. The SMILES string of the molecule is CCCc1nc(N2CCOCC2)sc1/C=C/C(=O)O. The van der Waals surface area contributed by atoms with Crippen molar-refractivity contribution in [2.45, 2.75) is 19.8 Å². The third-order valence-corrected chi connectivity index (χ3v) is 3.99. The Hall–Kier alpha value is -1.40. The fraction of sp³-hybridized carbons (Fsp3) is 0.538. The lowest BCUT2D eigenvalue weighted by Crippen LogP contribution is -2.36. The summed E-state index contributed by atoms with van der Waals surface area (Å²) in [5.74, 6) is -0.927. The highest BCUT2D eigenvalue weighted by Gasteiger charge is 2.17. The molecule has 2 rings (SSSR count).